The second kappa shape index (κ2) is 13.6. The van der Waals surface area contributed by atoms with Gasteiger partial charge in [-0.2, -0.15) is 0 Å². The summed E-state index contributed by atoms with van der Waals surface area (Å²) in [5, 5.41) is 3.07. The van der Waals surface area contributed by atoms with Crippen molar-refractivity contribution in [2.75, 3.05) is 13.6 Å². The summed E-state index contributed by atoms with van der Waals surface area (Å²) in [5.41, 5.74) is 1.18. The maximum atomic E-state index is 10.9. The number of aryl methyl sites for hydroxylation is 1. The van der Waals surface area contributed by atoms with E-state index in [1.807, 2.05) is 66.8 Å². The third-order valence-electron chi connectivity index (χ3n) is 2.83. The minimum atomic E-state index is -0.142. The molecule has 1 aliphatic heterocycles. The van der Waals surface area contributed by atoms with Gasteiger partial charge in [0.1, 0.15) is 0 Å². The van der Waals surface area contributed by atoms with Crippen LogP contribution in [0.5, 0.6) is 0 Å². The maximum Gasteiger partial charge on any atom is 0.237 e. The van der Waals surface area contributed by atoms with Crippen molar-refractivity contribution in [3.8, 4) is 0 Å². The molecule has 1 saturated heterocycles. The first-order valence-corrected chi connectivity index (χ1v) is 7.47. The summed E-state index contributed by atoms with van der Waals surface area (Å²) in [6.07, 6.45) is 0. The second-order valence-corrected chi connectivity index (χ2v) is 4.52. The van der Waals surface area contributed by atoms with Crippen LogP contribution < -0.4 is 5.32 Å². The van der Waals surface area contributed by atoms with Crippen molar-refractivity contribution in [1.29, 1.82) is 0 Å². The summed E-state index contributed by atoms with van der Waals surface area (Å²) in [6, 6.07) is 10.3. The average Bonchev–Trinajstić information content (AvgIpc) is 2.72. The molecule has 1 amide bonds. The van der Waals surface area contributed by atoms with Crippen LogP contribution in [0.15, 0.2) is 30.3 Å². The summed E-state index contributed by atoms with van der Waals surface area (Å²) < 4.78 is 0. The van der Waals surface area contributed by atoms with Crippen molar-refractivity contribution in [2.24, 2.45) is 0 Å². The van der Waals surface area contributed by atoms with Gasteiger partial charge in [-0.1, -0.05) is 71.0 Å². The Labute approximate surface area is 132 Å². The number of hydrogen-bond donors (Lipinski definition) is 1. The summed E-state index contributed by atoms with van der Waals surface area (Å²) in [5.74, 6) is 0.167. The molecule has 0 unspecified atom stereocenters. The minimum absolute atomic E-state index is 0. The van der Waals surface area contributed by atoms with Gasteiger partial charge in [0.05, 0.1) is 12.2 Å². The topological polar surface area (TPSA) is 32.3 Å². The van der Waals surface area contributed by atoms with Gasteiger partial charge in [-0.15, -0.1) is 0 Å². The Balaban J connectivity index is -0.000000244. The molecule has 0 spiro atoms. The lowest BCUT2D eigenvalue weighted by atomic mass is 10.2. The van der Waals surface area contributed by atoms with E-state index in [9.17, 15) is 4.79 Å². The Hall–Kier alpha value is -1.35. The van der Waals surface area contributed by atoms with Crippen molar-refractivity contribution in [3.63, 3.8) is 0 Å². The van der Waals surface area contributed by atoms with Gasteiger partial charge in [-0.05, 0) is 20.8 Å². The number of likely N-dealkylation sites (N-methyl/N-ethyl adjacent to an activating group) is 1. The number of hydrogen-bond acceptors (Lipinski definition) is 2. The molecule has 2 rings (SSSR count). The number of benzene rings is 1. The lowest BCUT2D eigenvalue weighted by Crippen LogP contribution is -2.44. The molecule has 1 N–H and O–H groups in total. The van der Waals surface area contributed by atoms with Crippen molar-refractivity contribution in [1.82, 2.24) is 10.2 Å². The van der Waals surface area contributed by atoms with Crippen LogP contribution in [0, 0.1) is 6.92 Å². The van der Waals surface area contributed by atoms with E-state index in [0.717, 1.165) is 0 Å². The number of nitrogens with zero attached hydrogens (tertiary/aromatic N) is 1. The van der Waals surface area contributed by atoms with Gasteiger partial charge in [0, 0.05) is 7.05 Å². The van der Waals surface area contributed by atoms with E-state index in [1.165, 1.54) is 5.56 Å². The Kier molecular flexibility index (Phi) is 16.0. The first-order chi connectivity index (χ1) is 9.43. The number of carbonyl (C=O) groups is 1. The molecule has 0 aliphatic carbocycles. The SMILES string of the molecule is C.CC.CC.CN1C(=O)CNC1(C)C.Cc1ccccc1. The molecule has 0 atom stereocenters. The van der Waals surface area contributed by atoms with Crippen molar-refractivity contribution in [3.05, 3.63) is 35.9 Å². The van der Waals surface area contributed by atoms with Crippen LogP contribution in [0.25, 0.3) is 0 Å². The number of carbonyl (C=O) groups excluding carboxylic acids is 1. The highest BCUT2D eigenvalue weighted by Crippen LogP contribution is 2.12. The molecule has 0 radical (unpaired) electrons. The Morgan fingerprint density at radius 2 is 1.48 bits per heavy atom. The predicted octanol–water partition coefficient (Wildman–Crippen LogP) is 4.47. The molecule has 0 bridgehead atoms. The van der Waals surface area contributed by atoms with Gasteiger partial charge < -0.3 is 4.90 Å². The summed E-state index contributed by atoms with van der Waals surface area (Å²) in [6.45, 7) is 14.5. The van der Waals surface area contributed by atoms with E-state index in [4.69, 9.17) is 0 Å². The Bertz CT molecular complexity index is 347. The molecule has 0 aromatic heterocycles. The zero-order chi connectivity index (χ0) is 16.2. The maximum absolute atomic E-state index is 10.9. The first kappa shape index (κ1) is 24.7. The lowest BCUT2D eigenvalue weighted by Gasteiger charge is -2.26. The smallest absolute Gasteiger partial charge is 0.237 e. The van der Waals surface area contributed by atoms with Crippen LogP contribution in [-0.4, -0.2) is 30.1 Å². The minimum Gasteiger partial charge on any atom is -0.327 e. The third kappa shape index (κ3) is 10.1. The molecule has 0 saturated carbocycles. The Morgan fingerprint density at radius 3 is 1.62 bits per heavy atom. The largest absolute Gasteiger partial charge is 0.327 e. The van der Waals surface area contributed by atoms with Gasteiger partial charge in [0.25, 0.3) is 0 Å². The summed E-state index contributed by atoms with van der Waals surface area (Å²) in [4.78, 5) is 12.6. The van der Waals surface area contributed by atoms with Crippen molar-refractivity contribution >= 4 is 5.91 Å². The molecule has 1 aromatic carbocycles. The van der Waals surface area contributed by atoms with Crippen LogP contribution in [0.1, 0.15) is 54.5 Å². The van der Waals surface area contributed by atoms with E-state index in [0.29, 0.717) is 6.54 Å². The molecule has 124 valence electrons. The van der Waals surface area contributed by atoms with Gasteiger partial charge in [0.15, 0.2) is 0 Å². The molecule has 1 heterocycles. The first-order valence-electron chi connectivity index (χ1n) is 7.47. The van der Waals surface area contributed by atoms with Gasteiger partial charge in [-0.3, -0.25) is 10.1 Å². The van der Waals surface area contributed by atoms with Gasteiger partial charge in [-0.25, -0.2) is 0 Å². The lowest BCUT2D eigenvalue weighted by molar-refractivity contribution is -0.128. The summed E-state index contributed by atoms with van der Waals surface area (Å²) in [7, 11) is 1.81. The third-order valence-corrected chi connectivity index (χ3v) is 2.83. The van der Waals surface area contributed by atoms with Crippen molar-refractivity contribution in [2.45, 2.75) is 61.6 Å². The molecule has 1 aliphatic rings. The highest BCUT2D eigenvalue weighted by atomic mass is 16.2. The van der Waals surface area contributed by atoms with E-state index in [1.54, 1.807) is 4.90 Å². The van der Waals surface area contributed by atoms with Crippen molar-refractivity contribution < 1.29 is 4.79 Å². The van der Waals surface area contributed by atoms with E-state index in [-0.39, 0.29) is 19.0 Å². The van der Waals surface area contributed by atoms with E-state index >= 15 is 0 Å². The number of amides is 1. The number of rotatable bonds is 0. The molecule has 3 heteroatoms. The standard InChI is InChI=1S/C7H8.C6H12N2O.2C2H6.CH4/c1-7-5-3-2-4-6-7;1-6(2)7-4-5(9)8(6)3;2*1-2;/h2-6H,1H3;7H,4H2,1-3H3;2*1-2H3;1H4. The van der Waals surface area contributed by atoms with E-state index < -0.39 is 0 Å². The quantitative estimate of drug-likeness (QED) is 0.766. The molecule has 1 aromatic rings. The fourth-order valence-corrected chi connectivity index (χ4v) is 1.38. The molecule has 21 heavy (non-hydrogen) atoms. The van der Waals surface area contributed by atoms with Crippen LogP contribution in [0.4, 0.5) is 0 Å². The van der Waals surface area contributed by atoms with Crippen LogP contribution in [0.3, 0.4) is 0 Å². The molecule has 1 fully saturated rings. The second-order valence-electron chi connectivity index (χ2n) is 4.52. The monoisotopic (exact) mass is 296 g/mol. The average molecular weight is 296 g/mol. The molecule has 3 nitrogen and oxygen atoms in total. The van der Waals surface area contributed by atoms with Crippen LogP contribution in [-0.2, 0) is 4.79 Å². The fraction of sp³-hybridized carbons (Fsp3) is 0.611. The molecular formula is C18H36N2O. The van der Waals surface area contributed by atoms with Gasteiger partial charge >= 0.3 is 0 Å². The highest BCUT2D eigenvalue weighted by molar-refractivity contribution is 5.80. The summed E-state index contributed by atoms with van der Waals surface area (Å²) >= 11 is 0. The fourth-order valence-electron chi connectivity index (χ4n) is 1.38. The zero-order valence-corrected chi connectivity index (χ0v) is 14.4. The zero-order valence-electron chi connectivity index (χ0n) is 14.4. The normalized spacial score (nSPS) is 14.3. The van der Waals surface area contributed by atoms with Gasteiger partial charge in [0.2, 0.25) is 5.91 Å². The molecular weight excluding hydrogens is 260 g/mol. The van der Waals surface area contributed by atoms with Crippen LogP contribution >= 0.6 is 0 Å². The number of nitrogens with one attached hydrogen (secondary N) is 1. The predicted molar refractivity (Wildman–Crippen MR) is 95.5 cm³/mol. The van der Waals surface area contributed by atoms with Crippen LogP contribution in [0.2, 0.25) is 0 Å². The van der Waals surface area contributed by atoms with E-state index in [2.05, 4.69) is 24.4 Å². The Morgan fingerprint density at radius 1 is 1.05 bits per heavy atom. The highest BCUT2D eigenvalue weighted by Gasteiger charge is 2.33.